The van der Waals surface area contributed by atoms with E-state index < -0.39 is 40.7 Å². The van der Waals surface area contributed by atoms with Crippen LogP contribution in [0, 0.1) is 34.9 Å². The summed E-state index contributed by atoms with van der Waals surface area (Å²) in [5.41, 5.74) is 1.66. The minimum absolute atomic E-state index is 0.140. The van der Waals surface area contributed by atoms with E-state index in [1.54, 1.807) is 18.2 Å². The molecule has 0 heterocycles. The van der Waals surface area contributed by atoms with Crippen LogP contribution in [0.5, 0.6) is 5.75 Å². The molecule has 4 rings (SSSR count). The van der Waals surface area contributed by atoms with Gasteiger partial charge in [0.1, 0.15) is 12.4 Å². The summed E-state index contributed by atoms with van der Waals surface area (Å²) in [7, 11) is 0. The standard InChI is InChI=1S/C25H14F6O/c26-19-2-1-3-20(27)25(19)32-13-14-4-9-18(21(28)10-14)16-7-5-15(6-8-16)17-11-22(29)24(31)23(30)12-17/h1-12H,13H2. The van der Waals surface area contributed by atoms with Gasteiger partial charge in [-0.3, -0.25) is 0 Å². The molecule has 0 bridgehead atoms. The maximum absolute atomic E-state index is 14.6. The van der Waals surface area contributed by atoms with Crippen LogP contribution in [-0.2, 0) is 6.61 Å². The van der Waals surface area contributed by atoms with Gasteiger partial charge in [0, 0.05) is 5.56 Å². The second-order valence-electron chi connectivity index (χ2n) is 6.98. The minimum Gasteiger partial charge on any atom is -0.483 e. The fraction of sp³-hybridized carbons (Fsp3) is 0.0400. The molecule has 4 aromatic carbocycles. The molecular formula is C25H14F6O. The van der Waals surface area contributed by atoms with Gasteiger partial charge in [0.25, 0.3) is 0 Å². The van der Waals surface area contributed by atoms with E-state index in [2.05, 4.69) is 0 Å². The SMILES string of the molecule is Fc1cc(COc2c(F)cccc2F)ccc1-c1ccc(-c2cc(F)c(F)c(F)c2)cc1. The van der Waals surface area contributed by atoms with Gasteiger partial charge in [-0.25, -0.2) is 26.3 Å². The summed E-state index contributed by atoms with van der Waals surface area (Å²) in [4.78, 5) is 0. The molecule has 0 amide bonds. The van der Waals surface area contributed by atoms with E-state index in [0.717, 1.165) is 24.3 Å². The van der Waals surface area contributed by atoms with Gasteiger partial charge in [-0.2, -0.15) is 0 Å². The predicted molar refractivity (Wildman–Crippen MR) is 108 cm³/mol. The molecule has 0 aliphatic rings. The van der Waals surface area contributed by atoms with Gasteiger partial charge in [-0.05, 0) is 52.6 Å². The van der Waals surface area contributed by atoms with Crippen LogP contribution in [0.25, 0.3) is 22.3 Å². The monoisotopic (exact) mass is 444 g/mol. The van der Waals surface area contributed by atoms with Crippen molar-refractivity contribution in [3.63, 3.8) is 0 Å². The topological polar surface area (TPSA) is 9.23 Å². The Morgan fingerprint density at radius 1 is 0.531 bits per heavy atom. The molecule has 0 radical (unpaired) electrons. The first-order chi connectivity index (χ1) is 15.3. The first kappa shape index (κ1) is 21.5. The van der Waals surface area contributed by atoms with Gasteiger partial charge in [-0.15, -0.1) is 0 Å². The molecule has 162 valence electrons. The molecule has 32 heavy (non-hydrogen) atoms. The lowest BCUT2D eigenvalue weighted by molar-refractivity contribution is 0.273. The summed E-state index contributed by atoms with van der Waals surface area (Å²) in [5.74, 6) is -7.00. The van der Waals surface area contributed by atoms with Gasteiger partial charge in [0.15, 0.2) is 34.8 Å². The summed E-state index contributed by atoms with van der Waals surface area (Å²) in [6.45, 7) is -0.240. The highest BCUT2D eigenvalue weighted by Gasteiger charge is 2.13. The fourth-order valence-corrected chi connectivity index (χ4v) is 3.22. The molecule has 0 aliphatic carbocycles. The highest BCUT2D eigenvalue weighted by atomic mass is 19.2. The van der Waals surface area contributed by atoms with Gasteiger partial charge < -0.3 is 4.74 Å². The molecule has 0 aliphatic heterocycles. The Hall–Kier alpha value is -3.74. The summed E-state index contributed by atoms with van der Waals surface area (Å²) < 4.78 is 87.1. The van der Waals surface area contributed by atoms with Crippen molar-refractivity contribution in [1.82, 2.24) is 0 Å². The van der Waals surface area contributed by atoms with Crippen molar-refractivity contribution in [2.24, 2.45) is 0 Å². The first-order valence-electron chi connectivity index (χ1n) is 9.44. The highest BCUT2D eigenvalue weighted by Crippen LogP contribution is 2.29. The van der Waals surface area contributed by atoms with Crippen molar-refractivity contribution in [2.45, 2.75) is 6.61 Å². The van der Waals surface area contributed by atoms with E-state index in [1.807, 2.05) is 0 Å². The van der Waals surface area contributed by atoms with Crippen molar-refractivity contribution in [3.8, 4) is 28.0 Å². The molecule has 0 fully saturated rings. The number of para-hydroxylation sites is 1. The molecule has 0 unspecified atom stereocenters. The van der Waals surface area contributed by atoms with Gasteiger partial charge >= 0.3 is 0 Å². The van der Waals surface area contributed by atoms with Crippen molar-refractivity contribution in [1.29, 1.82) is 0 Å². The summed E-state index contributed by atoms with van der Waals surface area (Å²) in [6, 6.07) is 15.5. The van der Waals surface area contributed by atoms with Crippen LogP contribution in [0.15, 0.2) is 72.8 Å². The molecular weight excluding hydrogens is 430 g/mol. The Balaban J connectivity index is 1.53. The van der Waals surface area contributed by atoms with Crippen LogP contribution < -0.4 is 4.74 Å². The van der Waals surface area contributed by atoms with E-state index in [0.29, 0.717) is 16.7 Å². The normalized spacial score (nSPS) is 10.9. The van der Waals surface area contributed by atoms with Crippen molar-refractivity contribution in [3.05, 3.63) is 113 Å². The Labute approximate surface area is 179 Å². The molecule has 7 heteroatoms. The van der Waals surface area contributed by atoms with Crippen LogP contribution in [0.1, 0.15) is 5.56 Å². The Kier molecular flexibility index (Phi) is 5.90. The number of hydrogen-bond acceptors (Lipinski definition) is 1. The summed E-state index contributed by atoms with van der Waals surface area (Å²) >= 11 is 0. The third-order valence-electron chi connectivity index (χ3n) is 4.85. The minimum atomic E-state index is -1.55. The van der Waals surface area contributed by atoms with Crippen LogP contribution in [0.3, 0.4) is 0 Å². The lowest BCUT2D eigenvalue weighted by atomic mass is 9.99. The number of benzene rings is 4. The van der Waals surface area contributed by atoms with E-state index in [9.17, 15) is 26.3 Å². The van der Waals surface area contributed by atoms with Crippen LogP contribution in [-0.4, -0.2) is 0 Å². The zero-order valence-corrected chi connectivity index (χ0v) is 16.3. The molecule has 0 spiro atoms. The van der Waals surface area contributed by atoms with Crippen molar-refractivity contribution in [2.75, 3.05) is 0 Å². The molecule has 0 atom stereocenters. The fourth-order valence-electron chi connectivity index (χ4n) is 3.22. The quantitative estimate of drug-likeness (QED) is 0.230. The number of rotatable bonds is 5. The molecule has 0 aromatic heterocycles. The number of ether oxygens (including phenoxy) is 1. The van der Waals surface area contributed by atoms with Crippen LogP contribution in [0.2, 0.25) is 0 Å². The van der Waals surface area contributed by atoms with Crippen LogP contribution in [0.4, 0.5) is 26.3 Å². The van der Waals surface area contributed by atoms with E-state index >= 15 is 0 Å². The Morgan fingerprint density at radius 3 is 1.72 bits per heavy atom. The lowest BCUT2D eigenvalue weighted by Gasteiger charge is -2.10. The smallest absolute Gasteiger partial charge is 0.194 e. The molecule has 1 nitrogen and oxygen atoms in total. The Bertz CT molecular complexity index is 1240. The Morgan fingerprint density at radius 2 is 1.12 bits per heavy atom. The average molecular weight is 444 g/mol. The van der Waals surface area contributed by atoms with Crippen molar-refractivity contribution < 1.29 is 31.1 Å². The molecule has 0 saturated carbocycles. The highest BCUT2D eigenvalue weighted by molar-refractivity contribution is 5.71. The van der Waals surface area contributed by atoms with E-state index in [-0.39, 0.29) is 17.7 Å². The van der Waals surface area contributed by atoms with Crippen molar-refractivity contribution >= 4 is 0 Å². The first-order valence-corrected chi connectivity index (χ1v) is 9.44. The third kappa shape index (κ3) is 4.32. The molecule has 0 saturated heterocycles. The average Bonchev–Trinajstić information content (AvgIpc) is 2.77. The van der Waals surface area contributed by atoms with Gasteiger partial charge in [-0.1, -0.05) is 42.5 Å². The second-order valence-corrected chi connectivity index (χ2v) is 6.98. The molecule has 0 N–H and O–H groups in total. The van der Waals surface area contributed by atoms with Gasteiger partial charge in [0.2, 0.25) is 0 Å². The second kappa shape index (κ2) is 8.78. The van der Waals surface area contributed by atoms with E-state index in [1.165, 1.54) is 30.3 Å². The number of halogens is 6. The molecule has 4 aromatic rings. The summed E-state index contributed by atoms with van der Waals surface area (Å²) in [6.07, 6.45) is 0. The third-order valence-corrected chi connectivity index (χ3v) is 4.85. The lowest BCUT2D eigenvalue weighted by Crippen LogP contribution is -2.00. The largest absolute Gasteiger partial charge is 0.483 e. The maximum atomic E-state index is 14.6. The van der Waals surface area contributed by atoms with Gasteiger partial charge in [0.05, 0.1) is 0 Å². The number of hydrogen-bond donors (Lipinski definition) is 0. The summed E-state index contributed by atoms with van der Waals surface area (Å²) in [5, 5.41) is 0. The predicted octanol–water partition coefficient (Wildman–Crippen LogP) is 7.43. The van der Waals surface area contributed by atoms with Crippen LogP contribution >= 0.6 is 0 Å². The zero-order valence-electron chi connectivity index (χ0n) is 16.3. The zero-order chi connectivity index (χ0) is 22.8. The van der Waals surface area contributed by atoms with E-state index in [4.69, 9.17) is 4.74 Å². The maximum Gasteiger partial charge on any atom is 0.194 e.